The van der Waals surface area contributed by atoms with Crippen molar-refractivity contribution in [1.82, 2.24) is 0 Å². The average molecular weight is 177 g/mol. The molecule has 0 N–H and O–H groups in total. The molecular formula is C8H7FNaO2. The second kappa shape index (κ2) is 6.17. The fourth-order valence-electron chi connectivity index (χ4n) is 0.790. The van der Waals surface area contributed by atoms with Crippen LogP contribution in [0.5, 0.6) is 0 Å². The Morgan fingerprint density at radius 2 is 1.92 bits per heavy atom. The quantitative estimate of drug-likeness (QED) is 0.636. The van der Waals surface area contributed by atoms with Crippen LogP contribution in [0.2, 0.25) is 0 Å². The summed E-state index contributed by atoms with van der Waals surface area (Å²) in [5.41, 5.74) is 0.746. The van der Waals surface area contributed by atoms with E-state index in [9.17, 15) is 9.32 Å². The van der Waals surface area contributed by atoms with Crippen LogP contribution in [-0.4, -0.2) is 35.5 Å². The van der Waals surface area contributed by atoms with Gasteiger partial charge in [0.15, 0.2) is 0 Å². The molecule has 0 aliphatic carbocycles. The van der Waals surface area contributed by atoms with Crippen LogP contribution in [0.4, 0.5) is 4.53 Å². The normalized spacial score (nSPS) is 8.42. The zero-order valence-electron chi connectivity index (χ0n) is 6.79. The van der Waals surface area contributed by atoms with Gasteiger partial charge in [0, 0.05) is 34.1 Å². The predicted molar refractivity (Wildman–Crippen MR) is 43.1 cm³/mol. The van der Waals surface area contributed by atoms with Gasteiger partial charge in [-0.1, -0.05) is 30.3 Å². The summed E-state index contributed by atoms with van der Waals surface area (Å²) < 4.78 is 11.2. The minimum atomic E-state index is -0.865. The Balaban J connectivity index is 0.00000121. The first kappa shape index (κ1) is 11.6. The number of carbonyl (C=O) groups excluding carboxylic acids is 1. The first-order valence-corrected chi connectivity index (χ1v) is 3.18. The van der Waals surface area contributed by atoms with Crippen molar-refractivity contribution in [1.29, 1.82) is 0 Å². The Kier molecular flexibility index (Phi) is 5.98. The molecule has 2 nitrogen and oxygen atoms in total. The van der Waals surface area contributed by atoms with Crippen LogP contribution in [0.1, 0.15) is 5.56 Å². The van der Waals surface area contributed by atoms with Gasteiger partial charge in [-0.25, -0.2) is 4.79 Å². The molecule has 59 valence electrons. The maximum Gasteiger partial charge on any atom is 0.353 e. The van der Waals surface area contributed by atoms with Gasteiger partial charge in [0.25, 0.3) is 0 Å². The Bertz CT molecular complexity index is 238. The van der Waals surface area contributed by atoms with Crippen LogP contribution in [0, 0.1) is 0 Å². The van der Waals surface area contributed by atoms with E-state index in [0.29, 0.717) is 0 Å². The van der Waals surface area contributed by atoms with Gasteiger partial charge in [-0.15, -0.1) is 0 Å². The molecule has 12 heavy (non-hydrogen) atoms. The molecule has 1 aromatic rings. The summed E-state index contributed by atoms with van der Waals surface area (Å²) in [6, 6.07) is 8.85. The minimum Gasteiger partial charge on any atom is -0.255 e. The zero-order valence-corrected chi connectivity index (χ0v) is 8.79. The van der Waals surface area contributed by atoms with Crippen LogP contribution in [-0.2, 0) is 16.2 Å². The van der Waals surface area contributed by atoms with E-state index in [1.165, 1.54) is 0 Å². The molecule has 0 atom stereocenters. The largest absolute Gasteiger partial charge is 0.353 e. The zero-order chi connectivity index (χ0) is 8.10. The van der Waals surface area contributed by atoms with Crippen molar-refractivity contribution in [3.05, 3.63) is 35.9 Å². The number of carbonyl (C=O) groups is 1. The first-order chi connectivity index (χ1) is 5.33. The third kappa shape index (κ3) is 3.85. The first-order valence-electron chi connectivity index (χ1n) is 3.18. The third-order valence-corrected chi connectivity index (χ3v) is 1.28. The van der Waals surface area contributed by atoms with Crippen LogP contribution in [0.25, 0.3) is 0 Å². The maximum absolute atomic E-state index is 11.2. The van der Waals surface area contributed by atoms with E-state index in [0.717, 1.165) is 5.56 Å². The van der Waals surface area contributed by atoms with Gasteiger partial charge < -0.3 is 0 Å². The summed E-state index contributed by atoms with van der Waals surface area (Å²) >= 11 is 0. The molecular weight excluding hydrogens is 170 g/mol. The molecule has 0 saturated carbocycles. The van der Waals surface area contributed by atoms with E-state index in [4.69, 9.17) is 0 Å². The monoisotopic (exact) mass is 177 g/mol. The van der Waals surface area contributed by atoms with Crippen LogP contribution in [0.15, 0.2) is 30.3 Å². The SMILES string of the molecule is O=C(Cc1ccccc1)OF.[Na]. The van der Waals surface area contributed by atoms with Crippen molar-refractivity contribution >= 4 is 35.5 Å². The Hall–Kier alpha value is -0.380. The summed E-state index contributed by atoms with van der Waals surface area (Å²) in [5.74, 6) is -0.865. The van der Waals surface area contributed by atoms with Crippen LogP contribution in [0.3, 0.4) is 0 Å². The standard InChI is InChI=1S/C8H7FO2.Na/c9-11-8(10)6-7-4-2-1-3-5-7;/h1-5H,6H2;. The molecule has 0 heterocycles. The van der Waals surface area contributed by atoms with Crippen molar-refractivity contribution in [3.63, 3.8) is 0 Å². The van der Waals surface area contributed by atoms with Gasteiger partial charge >= 0.3 is 5.97 Å². The molecule has 0 amide bonds. The molecule has 0 bridgehead atoms. The van der Waals surface area contributed by atoms with Crippen LogP contribution < -0.4 is 0 Å². The average Bonchev–Trinajstić information content (AvgIpc) is 2.06. The number of hydrogen-bond donors (Lipinski definition) is 0. The molecule has 4 heteroatoms. The summed E-state index contributed by atoms with van der Waals surface area (Å²) in [6.07, 6.45) is -0.0165. The number of rotatable bonds is 2. The van der Waals surface area contributed by atoms with Gasteiger partial charge in [-0.2, -0.15) is 0 Å². The van der Waals surface area contributed by atoms with Crippen LogP contribution >= 0.6 is 0 Å². The number of benzene rings is 1. The van der Waals surface area contributed by atoms with Crippen molar-refractivity contribution in [2.45, 2.75) is 6.42 Å². The predicted octanol–water partition coefficient (Wildman–Crippen LogP) is 1.28. The summed E-state index contributed by atoms with van der Waals surface area (Å²) in [4.78, 5) is 13.4. The van der Waals surface area contributed by atoms with Gasteiger partial charge in [-0.3, -0.25) is 4.94 Å². The molecule has 0 spiro atoms. The van der Waals surface area contributed by atoms with Crippen molar-refractivity contribution in [2.24, 2.45) is 0 Å². The van der Waals surface area contributed by atoms with Crippen molar-refractivity contribution in [2.75, 3.05) is 0 Å². The van der Waals surface area contributed by atoms with E-state index in [2.05, 4.69) is 4.94 Å². The summed E-state index contributed by atoms with van der Waals surface area (Å²) in [6.45, 7) is 0. The molecule has 0 saturated heterocycles. The number of hydrogen-bond acceptors (Lipinski definition) is 2. The van der Waals surface area contributed by atoms with Gasteiger partial charge in [-0.05, 0) is 5.56 Å². The molecule has 1 radical (unpaired) electrons. The smallest absolute Gasteiger partial charge is 0.255 e. The molecule has 0 unspecified atom stereocenters. The fraction of sp³-hybridized carbons (Fsp3) is 0.125. The second-order valence-electron chi connectivity index (χ2n) is 2.11. The van der Waals surface area contributed by atoms with Crippen molar-refractivity contribution < 1.29 is 14.3 Å². The molecule has 1 aromatic carbocycles. The molecule has 0 fully saturated rings. The molecule has 0 aliphatic rings. The van der Waals surface area contributed by atoms with Gasteiger partial charge in [0.1, 0.15) is 0 Å². The maximum atomic E-state index is 11.2. The summed E-state index contributed by atoms with van der Waals surface area (Å²) in [5, 5.41) is 0. The number of halogens is 1. The Morgan fingerprint density at radius 1 is 1.33 bits per heavy atom. The Labute approximate surface area is 91.9 Å². The topological polar surface area (TPSA) is 26.3 Å². The van der Waals surface area contributed by atoms with Crippen molar-refractivity contribution in [3.8, 4) is 0 Å². The minimum absolute atomic E-state index is 0. The molecule has 0 aromatic heterocycles. The fourth-order valence-corrected chi connectivity index (χ4v) is 0.790. The van der Waals surface area contributed by atoms with Gasteiger partial charge in [0.2, 0.25) is 0 Å². The summed E-state index contributed by atoms with van der Waals surface area (Å²) in [7, 11) is 0. The van der Waals surface area contributed by atoms with Gasteiger partial charge in [0.05, 0.1) is 6.42 Å². The van der Waals surface area contributed by atoms with E-state index in [1.807, 2.05) is 6.07 Å². The Morgan fingerprint density at radius 3 is 2.42 bits per heavy atom. The van der Waals surface area contributed by atoms with E-state index < -0.39 is 5.97 Å². The molecule has 0 aliphatic heterocycles. The van der Waals surface area contributed by atoms with E-state index >= 15 is 0 Å². The molecule has 1 rings (SSSR count). The second-order valence-corrected chi connectivity index (χ2v) is 2.11. The van der Waals surface area contributed by atoms with E-state index in [1.54, 1.807) is 24.3 Å². The third-order valence-electron chi connectivity index (χ3n) is 1.28. The van der Waals surface area contributed by atoms with E-state index in [-0.39, 0.29) is 36.0 Å².